The number of carbonyl (C=O) groups is 2. The van der Waals surface area contributed by atoms with Crippen LogP contribution in [0.15, 0.2) is 0 Å². The summed E-state index contributed by atoms with van der Waals surface area (Å²) in [5.74, 6) is -0.649. The third-order valence-corrected chi connectivity index (χ3v) is 1.49. The molecule has 2 amide bonds. The van der Waals surface area contributed by atoms with Gasteiger partial charge in [-0.2, -0.15) is 0 Å². The lowest BCUT2D eigenvalue weighted by Gasteiger charge is -2.19. The summed E-state index contributed by atoms with van der Waals surface area (Å²) < 4.78 is 0. The largest absolute Gasteiger partial charge is 0.368 e. The lowest BCUT2D eigenvalue weighted by molar-refractivity contribution is -0.135. The van der Waals surface area contributed by atoms with Crippen molar-refractivity contribution < 1.29 is 9.59 Å². The first-order chi connectivity index (χ1) is 4.46. The van der Waals surface area contributed by atoms with E-state index in [4.69, 9.17) is 5.73 Å². The van der Waals surface area contributed by atoms with Gasteiger partial charge in [0.25, 0.3) is 0 Å². The number of nitrogens with zero attached hydrogens (tertiary/aromatic N) is 1. The maximum absolute atomic E-state index is 10.6. The predicted octanol–water partition coefficient (Wildman–Crippen LogP) is -0.662. The molecule has 10 heavy (non-hydrogen) atoms. The molecule has 0 aliphatic heterocycles. The molecule has 4 heteroatoms. The van der Waals surface area contributed by atoms with Crippen molar-refractivity contribution in [2.45, 2.75) is 19.9 Å². The molecule has 0 aliphatic carbocycles. The Morgan fingerprint density at radius 1 is 1.50 bits per heavy atom. The lowest BCUT2D eigenvalue weighted by atomic mass is 10.3. The van der Waals surface area contributed by atoms with E-state index in [2.05, 4.69) is 0 Å². The van der Waals surface area contributed by atoms with Crippen LogP contribution in [-0.2, 0) is 9.59 Å². The zero-order valence-electron chi connectivity index (χ0n) is 6.42. The topological polar surface area (TPSA) is 63.4 Å². The molecular weight excluding hydrogens is 132 g/mol. The summed E-state index contributed by atoms with van der Waals surface area (Å²) in [6.07, 6.45) is 0. The Hall–Kier alpha value is -1.06. The van der Waals surface area contributed by atoms with Gasteiger partial charge in [-0.15, -0.1) is 0 Å². The second kappa shape index (κ2) is 3.20. The van der Waals surface area contributed by atoms with Gasteiger partial charge in [0.2, 0.25) is 11.8 Å². The molecule has 0 bridgehead atoms. The average molecular weight is 144 g/mol. The zero-order valence-corrected chi connectivity index (χ0v) is 6.42. The molecule has 1 atom stereocenters. The fraction of sp³-hybridized carbons (Fsp3) is 0.667. The highest BCUT2D eigenvalue weighted by Gasteiger charge is 2.15. The van der Waals surface area contributed by atoms with Gasteiger partial charge in [0, 0.05) is 14.0 Å². The highest BCUT2D eigenvalue weighted by atomic mass is 16.2. The minimum atomic E-state index is -0.516. The van der Waals surface area contributed by atoms with Crippen molar-refractivity contribution in [3.63, 3.8) is 0 Å². The van der Waals surface area contributed by atoms with Crippen molar-refractivity contribution in [2.75, 3.05) is 7.05 Å². The van der Waals surface area contributed by atoms with Crippen LogP contribution in [0.5, 0.6) is 0 Å². The van der Waals surface area contributed by atoms with Crippen LogP contribution >= 0.6 is 0 Å². The zero-order chi connectivity index (χ0) is 8.31. The van der Waals surface area contributed by atoms with E-state index in [0.717, 1.165) is 0 Å². The van der Waals surface area contributed by atoms with Gasteiger partial charge in [0.05, 0.1) is 0 Å². The molecule has 0 fully saturated rings. The smallest absolute Gasteiger partial charge is 0.239 e. The van der Waals surface area contributed by atoms with E-state index in [9.17, 15) is 9.59 Å². The summed E-state index contributed by atoms with van der Waals surface area (Å²) in [5.41, 5.74) is 4.94. The van der Waals surface area contributed by atoms with Gasteiger partial charge in [0.15, 0.2) is 0 Å². The van der Waals surface area contributed by atoms with E-state index in [1.807, 2.05) is 0 Å². The summed E-state index contributed by atoms with van der Waals surface area (Å²) in [6.45, 7) is 2.98. The number of carbonyl (C=O) groups excluding carboxylic acids is 2. The second-order valence-electron chi connectivity index (χ2n) is 2.21. The molecule has 58 valence electrons. The number of likely N-dealkylation sites (N-methyl/N-ethyl adjacent to an activating group) is 1. The van der Waals surface area contributed by atoms with Crippen molar-refractivity contribution >= 4 is 11.8 Å². The molecule has 0 aromatic carbocycles. The Morgan fingerprint density at radius 2 is 1.90 bits per heavy atom. The highest BCUT2D eigenvalue weighted by Crippen LogP contribution is 1.93. The van der Waals surface area contributed by atoms with Gasteiger partial charge >= 0.3 is 0 Å². The van der Waals surface area contributed by atoms with Crippen molar-refractivity contribution in [2.24, 2.45) is 5.73 Å². The second-order valence-corrected chi connectivity index (χ2v) is 2.21. The normalized spacial score (nSPS) is 12.3. The van der Waals surface area contributed by atoms with Gasteiger partial charge in [-0.25, -0.2) is 0 Å². The highest BCUT2D eigenvalue weighted by molar-refractivity contribution is 5.85. The summed E-state index contributed by atoms with van der Waals surface area (Å²) in [7, 11) is 1.54. The lowest BCUT2D eigenvalue weighted by Crippen LogP contribution is -2.42. The van der Waals surface area contributed by atoms with Crippen molar-refractivity contribution in [1.82, 2.24) is 4.90 Å². The van der Waals surface area contributed by atoms with Crippen LogP contribution in [0.3, 0.4) is 0 Å². The van der Waals surface area contributed by atoms with Gasteiger partial charge in [0.1, 0.15) is 6.04 Å². The van der Waals surface area contributed by atoms with Crippen LogP contribution in [0.1, 0.15) is 13.8 Å². The average Bonchev–Trinajstić information content (AvgIpc) is 1.84. The molecule has 0 saturated heterocycles. The maximum Gasteiger partial charge on any atom is 0.239 e. The number of primary amides is 1. The SMILES string of the molecule is CC(=O)N(C)[C@@H](C)C(N)=O. The van der Waals surface area contributed by atoms with Gasteiger partial charge < -0.3 is 10.6 Å². The molecule has 0 radical (unpaired) electrons. The molecule has 0 unspecified atom stereocenters. The Balaban J connectivity index is 4.07. The monoisotopic (exact) mass is 144 g/mol. The first kappa shape index (κ1) is 8.94. The standard InChI is InChI=1S/C6H12N2O2/c1-4(6(7)10)8(3)5(2)9/h4H,1-3H3,(H2,7,10)/t4-/m0/s1. The van der Waals surface area contributed by atoms with E-state index < -0.39 is 11.9 Å². The molecule has 0 spiro atoms. The fourth-order valence-corrected chi connectivity index (χ4v) is 0.464. The van der Waals surface area contributed by atoms with Crippen LogP contribution in [-0.4, -0.2) is 29.8 Å². The van der Waals surface area contributed by atoms with Crippen LogP contribution in [0.25, 0.3) is 0 Å². The van der Waals surface area contributed by atoms with Crippen molar-refractivity contribution in [1.29, 1.82) is 0 Å². The molecule has 0 saturated carbocycles. The van der Waals surface area contributed by atoms with E-state index in [1.165, 1.54) is 18.9 Å². The Labute approximate surface area is 60.0 Å². The first-order valence-electron chi connectivity index (χ1n) is 2.99. The van der Waals surface area contributed by atoms with E-state index >= 15 is 0 Å². The maximum atomic E-state index is 10.6. The number of amides is 2. The summed E-state index contributed by atoms with van der Waals surface area (Å²) in [5, 5.41) is 0. The Kier molecular flexibility index (Phi) is 2.86. The molecule has 0 rings (SSSR count). The third kappa shape index (κ3) is 2.05. The summed E-state index contributed by atoms with van der Waals surface area (Å²) in [6, 6.07) is -0.516. The summed E-state index contributed by atoms with van der Waals surface area (Å²) >= 11 is 0. The quantitative estimate of drug-likeness (QED) is 0.559. The Bertz CT molecular complexity index is 138. The number of rotatable bonds is 2. The molecule has 4 nitrogen and oxygen atoms in total. The molecule has 2 N–H and O–H groups in total. The van der Waals surface area contributed by atoms with Crippen molar-refractivity contribution in [3.8, 4) is 0 Å². The van der Waals surface area contributed by atoms with Crippen LogP contribution < -0.4 is 5.73 Å². The fourth-order valence-electron chi connectivity index (χ4n) is 0.464. The molecular formula is C6H12N2O2. The van der Waals surface area contributed by atoms with Crippen molar-refractivity contribution in [3.05, 3.63) is 0 Å². The van der Waals surface area contributed by atoms with Gasteiger partial charge in [-0.05, 0) is 6.92 Å². The predicted molar refractivity (Wildman–Crippen MR) is 37.1 cm³/mol. The van der Waals surface area contributed by atoms with Crippen LogP contribution in [0.2, 0.25) is 0 Å². The van der Waals surface area contributed by atoms with Crippen LogP contribution in [0, 0.1) is 0 Å². The van der Waals surface area contributed by atoms with E-state index in [1.54, 1.807) is 6.92 Å². The molecule has 0 aliphatic rings. The van der Waals surface area contributed by atoms with E-state index in [0.29, 0.717) is 0 Å². The minimum absolute atomic E-state index is 0.161. The number of hydrogen-bond donors (Lipinski definition) is 1. The summed E-state index contributed by atoms with van der Waals surface area (Å²) in [4.78, 5) is 22.4. The number of hydrogen-bond acceptors (Lipinski definition) is 2. The Morgan fingerprint density at radius 3 is 2.00 bits per heavy atom. The molecule has 0 aromatic heterocycles. The van der Waals surface area contributed by atoms with Gasteiger partial charge in [-0.3, -0.25) is 9.59 Å². The first-order valence-corrected chi connectivity index (χ1v) is 2.99. The number of nitrogens with two attached hydrogens (primary N) is 1. The molecule has 0 aromatic rings. The van der Waals surface area contributed by atoms with Gasteiger partial charge in [-0.1, -0.05) is 0 Å². The van der Waals surface area contributed by atoms with Crippen LogP contribution in [0.4, 0.5) is 0 Å². The molecule has 0 heterocycles. The minimum Gasteiger partial charge on any atom is -0.368 e. The third-order valence-electron chi connectivity index (χ3n) is 1.49. The van der Waals surface area contributed by atoms with E-state index in [-0.39, 0.29) is 5.91 Å².